The van der Waals surface area contributed by atoms with E-state index in [1.54, 1.807) is 36.4 Å². The number of nitrogens with zero attached hydrogens (tertiary/aromatic N) is 1. The number of morpholine rings is 1. The van der Waals surface area contributed by atoms with Crippen molar-refractivity contribution in [2.75, 3.05) is 40.5 Å². The molecule has 1 saturated heterocycles. The smallest absolute Gasteiger partial charge is 0.345 e. The van der Waals surface area contributed by atoms with Crippen molar-refractivity contribution in [1.82, 2.24) is 4.90 Å². The molecule has 0 saturated carbocycles. The van der Waals surface area contributed by atoms with Crippen molar-refractivity contribution >= 4 is 34.8 Å². The average Bonchev–Trinajstić information content (AvgIpc) is 2.74. The highest BCUT2D eigenvalue weighted by Gasteiger charge is 2.23. The van der Waals surface area contributed by atoms with Crippen molar-refractivity contribution in [2.45, 2.75) is 0 Å². The van der Waals surface area contributed by atoms with Crippen LogP contribution in [-0.2, 0) is 4.74 Å². The Balaban J connectivity index is 1.92. The summed E-state index contributed by atoms with van der Waals surface area (Å²) in [6.07, 6.45) is 0. The van der Waals surface area contributed by atoms with Gasteiger partial charge in [0.15, 0.2) is 11.5 Å². The van der Waals surface area contributed by atoms with Gasteiger partial charge in [0.25, 0.3) is 0 Å². The summed E-state index contributed by atoms with van der Waals surface area (Å²) in [5, 5.41) is 0.301. The lowest BCUT2D eigenvalue weighted by atomic mass is 10.1. The molecule has 0 aliphatic carbocycles. The fraction of sp³-hybridized carbons (Fsp3) is 0.300. The molecule has 2 aromatic rings. The number of carbonyl (C=O) groups is 1. The van der Waals surface area contributed by atoms with E-state index in [2.05, 4.69) is 4.90 Å². The van der Waals surface area contributed by atoms with Gasteiger partial charge < -0.3 is 23.8 Å². The molecule has 0 N–H and O–H groups in total. The number of methoxy groups -OCH3 is 2. The molecule has 8 heteroatoms. The van der Waals surface area contributed by atoms with Gasteiger partial charge in [0, 0.05) is 18.7 Å². The van der Waals surface area contributed by atoms with Gasteiger partial charge >= 0.3 is 5.97 Å². The van der Waals surface area contributed by atoms with Gasteiger partial charge in [-0.25, -0.2) is 4.79 Å². The van der Waals surface area contributed by atoms with E-state index in [4.69, 9.17) is 42.8 Å². The van der Waals surface area contributed by atoms with E-state index in [1.165, 1.54) is 14.2 Å². The van der Waals surface area contributed by atoms with Crippen LogP contribution < -0.4 is 14.2 Å². The lowest BCUT2D eigenvalue weighted by Crippen LogP contribution is -2.40. The third kappa shape index (κ3) is 4.38. The zero-order valence-electron chi connectivity index (χ0n) is 15.6. The molecule has 1 aliphatic rings. The Morgan fingerprint density at radius 3 is 2.29 bits per heavy atom. The van der Waals surface area contributed by atoms with Gasteiger partial charge in [-0.3, -0.25) is 0 Å². The molecule has 148 valence electrons. The lowest BCUT2D eigenvalue weighted by molar-refractivity contribution is 0.0692. The van der Waals surface area contributed by atoms with Gasteiger partial charge in [-0.2, -0.15) is 0 Å². The highest BCUT2D eigenvalue weighted by Crippen LogP contribution is 2.39. The highest BCUT2D eigenvalue weighted by atomic mass is 35.5. The van der Waals surface area contributed by atoms with Gasteiger partial charge in [-0.1, -0.05) is 36.0 Å². The molecule has 0 spiro atoms. The Hall–Kier alpha value is -2.35. The minimum absolute atomic E-state index is 0.170. The fourth-order valence-corrected chi connectivity index (χ4v) is 3.34. The van der Waals surface area contributed by atoms with Crippen LogP contribution in [0.4, 0.5) is 0 Å². The van der Waals surface area contributed by atoms with Gasteiger partial charge in [0.05, 0.1) is 38.0 Å². The van der Waals surface area contributed by atoms with Crippen LogP contribution in [0.1, 0.15) is 15.9 Å². The van der Waals surface area contributed by atoms with Crippen molar-refractivity contribution < 1.29 is 23.7 Å². The summed E-state index contributed by atoms with van der Waals surface area (Å²) in [6, 6.07) is 10.1. The molecule has 0 unspecified atom stereocenters. The number of thiocarbonyl (C=S) groups is 1. The van der Waals surface area contributed by atoms with Crippen LogP contribution in [-0.4, -0.2) is 56.4 Å². The second-order valence-electron chi connectivity index (χ2n) is 5.98. The second-order valence-corrected chi connectivity index (χ2v) is 6.78. The summed E-state index contributed by atoms with van der Waals surface area (Å²) in [5.41, 5.74) is 0.990. The van der Waals surface area contributed by atoms with Crippen LogP contribution in [0.2, 0.25) is 5.02 Å². The maximum Gasteiger partial charge on any atom is 0.345 e. The number of ether oxygens (including phenoxy) is 4. The van der Waals surface area contributed by atoms with Gasteiger partial charge in [-0.15, -0.1) is 0 Å². The number of benzene rings is 2. The van der Waals surface area contributed by atoms with E-state index in [-0.39, 0.29) is 11.3 Å². The van der Waals surface area contributed by atoms with Crippen molar-refractivity contribution in [3.63, 3.8) is 0 Å². The summed E-state index contributed by atoms with van der Waals surface area (Å²) < 4.78 is 21.8. The lowest BCUT2D eigenvalue weighted by Gasteiger charge is -2.29. The third-order valence-corrected chi connectivity index (χ3v) is 5.12. The molecule has 2 aromatic carbocycles. The van der Waals surface area contributed by atoms with Gasteiger partial charge in [0.2, 0.25) is 5.75 Å². The van der Waals surface area contributed by atoms with E-state index < -0.39 is 5.97 Å². The normalized spacial score (nSPS) is 13.8. The van der Waals surface area contributed by atoms with E-state index in [9.17, 15) is 4.79 Å². The number of halogens is 1. The van der Waals surface area contributed by atoms with Crippen molar-refractivity contribution in [1.29, 1.82) is 0 Å². The Labute approximate surface area is 173 Å². The van der Waals surface area contributed by atoms with E-state index in [0.717, 1.165) is 5.56 Å². The van der Waals surface area contributed by atoms with E-state index >= 15 is 0 Å². The quantitative estimate of drug-likeness (QED) is 0.415. The molecule has 0 atom stereocenters. The molecular weight excluding hydrogens is 402 g/mol. The zero-order chi connectivity index (χ0) is 20.1. The van der Waals surface area contributed by atoms with Crippen LogP contribution in [0.15, 0.2) is 36.4 Å². The monoisotopic (exact) mass is 421 g/mol. The van der Waals surface area contributed by atoms with Crippen LogP contribution in [0.25, 0.3) is 0 Å². The standard InChI is InChI=1S/C20H20ClNO5S/c1-24-16-11-13(19(28)22-7-9-26-10-8-22)12-17(25-2)18(16)27-20(23)14-5-3-4-6-15(14)21/h3-6,11-12H,7-10H2,1-2H3. The molecule has 1 aliphatic heterocycles. The largest absolute Gasteiger partial charge is 0.493 e. The fourth-order valence-electron chi connectivity index (χ4n) is 2.83. The molecule has 28 heavy (non-hydrogen) atoms. The minimum atomic E-state index is -0.606. The van der Waals surface area contributed by atoms with Crippen molar-refractivity contribution in [3.8, 4) is 17.2 Å². The first-order valence-electron chi connectivity index (χ1n) is 8.65. The summed E-state index contributed by atoms with van der Waals surface area (Å²) in [4.78, 5) is 15.3. The molecular formula is C20H20ClNO5S. The summed E-state index contributed by atoms with van der Waals surface area (Å²) in [6.45, 7) is 2.68. The first-order chi connectivity index (χ1) is 13.5. The molecule has 3 rings (SSSR count). The molecule has 0 amide bonds. The Kier molecular flexibility index (Phi) is 6.72. The Morgan fingerprint density at radius 1 is 1.11 bits per heavy atom. The molecule has 0 bridgehead atoms. The highest BCUT2D eigenvalue weighted by molar-refractivity contribution is 7.80. The average molecular weight is 422 g/mol. The first-order valence-corrected chi connectivity index (χ1v) is 9.43. The van der Waals surface area contributed by atoms with Gasteiger partial charge in [-0.05, 0) is 24.3 Å². The molecule has 0 aromatic heterocycles. The van der Waals surface area contributed by atoms with Crippen LogP contribution in [0.3, 0.4) is 0 Å². The number of rotatable bonds is 5. The maximum atomic E-state index is 12.6. The number of hydrogen-bond donors (Lipinski definition) is 0. The van der Waals surface area contributed by atoms with Crippen molar-refractivity contribution in [2.24, 2.45) is 0 Å². The third-order valence-electron chi connectivity index (χ3n) is 4.29. The van der Waals surface area contributed by atoms with E-state index in [1.807, 2.05) is 0 Å². The van der Waals surface area contributed by atoms with Crippen LogP contribution in [0, 0.1) is 0 Å². The summed E-state index contributed by atoms with van der Waals surface area (Å²) in [5.74, 6) is 0.241. The Morgan fingerprint density at radius 2 is 1.71 bits per heavy atom. The predicted octanol–water partition coefficient (Wildman–Crippen LogP) is 3.58. The number of carbonyl (C=O) groups excluding carboxylic acids is 1. The Bertz CT molecular complexity index is 858. The number of esters is 1. The second kappa shape index (κ2) is 9.23. The van der Waals surface area contributed by atoms with Gasteiger partial charge in [0.1, 0.15) is 4.99 Å². The number of hydrogen-bond acceptors (Lipinski definition) is 6. The summed E-state index contributed by atoms with van der Waals surface area (Å²) >= 11 is 11.7. The van der Waals surface area contributed by atoms with E-state index in [0.29, 0.717) is 47.8 Å². The first kappa shape index (κ1) is 20.4. The molecule has 6 nitrogen and oxygen atoms in total. The van der Waals surface area contributed by atoms with Crippen LogP contribution >= 0.6 is 23.8 Å². The minimum Gasteiger partial charge on any atom is -0.493 e. The van der Waals surface area contributed by atoms with Crippen molar-refractivity contribution in [3.05, 3.63) is 52.5 Å². The maximum absolute atomic E-state index is 12.6. The predicted molar refractivity (Wildman–Crippen MR) is 110 cm³/mol. The van der Waals surface area contributed by atoms with Crippen LogP contribution in [0.5, 0.6) is 17.2 Å². The molecule has 0 radical (unpaired) electrons. The SMILES string of the molecule is COc1cc(C(=S)N2CCOCC2)cc(OC)c1OC(=O)c1ccccc1Cl. The molecule has 1 fully saturated rings. The summed E-state index contributed by atoms with van der Waals surface area (Å²) in [7, 11) is 2.98. The zero-order valence-corrected chi connectivity index (χ0v) is 17.1. The molecule has 1 heterocycles. The topological polar surface area (TPSA) is 57.2 Å².